The van der Waals surface area contributed by atoms with Gasteiger partial charge < -0.3 is 49.7 Å². The predicted molar refractivity (Wildman–Crippen MR) is 261 cm³/mol. The quantitative estimate of drug-likeness (QED) is 0.0850. The van der Waals surface area contributed by atoms with Gasteiger partial charge in [0, 0.05) is 35.6 Å². The number of amides is 4. The van der Waals surface area contributed by atoms with Crippen LogP contribution in [0.5, 0.6) is 0 Å². The number of ether oxygens (including phenoxy) is 3. The number of carbonyl (C=O) groups is 4. The van der Waals surface area contributed by atoms with E-state index in [1.165, 1.54) is 7.11 Å². The highest BCUT2D eigenvalue weighted by molar-refractivity contribution is 5.91. The van der Waals surface area contributed by atoms with Gasteiger partial charge in [0.1, 0.15) is 23.7 Å². The molecular weight excluding hydrogens is 877 g/mol. The van der Waals surface area contributed by atoms with E-state index in [0.29, 0.717) is 31.5 Å². The number of carboxylic acid groups (broad SMARTS) is 1. The molecule has 16 heteroatoms. The second kappa shape index (κ2) is 20.0. The lowest BCUT2D eigenvalue weighted by molar-refractivity contribution is -0.141. The number of nitrogens with one attached hydrogen (secondary N) is 4. The molecule has 16 nitrogen and oxygen atoms in total. The Morgan fingerprint density at radius 2 is 1.03 bits per heavy atom. The molecule has 3 aromatic carbocycles. The average molecular weight is 943 g/mol. The van der Waals surface area contributed by atoms with Crippen LogP contribution in [0.3, 0.4) is 0 Å². The first kappa shape index (κ1) is 47.8. The second-order valence-corrected chi connectivity index (χ2v) is 20.1. The van der Waals surface area contributed by atoms with Crippen molar-refractivity contribution in [1.82, 2.24) is 40.4 Å². The van der Waals surface area contributed by atoms with Gasteiger partial charge in [-0.05, 0) is 139 Å². The van der Waals surface area contributed by atoms with Crippen LogP contribution in [0.15, 0.2) is 73.1 Å². The lowest BCUT2D eigenvalue weighted by atomic mass is 9.85. The number of imidazole rings is 2. The van der Waals surface area contributed by atoms with Crippen molar-refractivity contribution in [3.63, 3.8) is 0 Å². The van der Waals surface area contributed by atoms with Crippen LogP contribution in [0.2, 0.25) is 0 Å². The van der Waals surface area contributed by atoms with Crippen molar-refractivity contribution in [3.8, 4) is 33.6 Å². The number of rotatable bonds is 11. The summed E-state index contributed by atoms with van der Waals surface area (Å²) in [6.45, 7) is 12.0. The van der Waals surface area contributed by atoms with E-state index in [4.69, 9.17) is 24.2 Å². The molecule has 0 radical (unpaired) electrons. The van der Waals surface area contributed by atoms with Crippen molar-refractivity contribution < 1.29 is 38.5 Å². The molecule has 12 atom stereocenters. The van der Waals surface area contributed by atoms with Crippen LogP contribution in [0.25, 0.3) is 44.4 Å². The van der Waals surface area contributed by atoms with E-state index in [-0.39, 0.29) is 72.2 Å². The van der Waals surface area contributed by atoms with Crippen molar-refractivity contribution in [1.29, 1.82) is 0 Å². The third-order valence-electron chi connectivity index (χ3n) is 15.0. The fourth-order valence-corrected chi connectivity index (χ4v) is 11.8. The highest BCUT2D eigenvalue weighted by Gasteiger charge is 2.46. The van der Waals surface area contributed by atoms with E-state index >= 15 is 0 Å². The first-order valence-electron chi connectivity index (χ1n) is 24.7. The van der Waals surface area contributed by atoms with E-state index in [9.17, 15) is 24.3 Å². The Bertz CT molecular complexity index is 2650. The number of fused-ring (bicyclic) bond motifs is 1. The number of likely N-dealkylation sites (tertiary alicyclic amines) is 2. The lowest BCUT2D eigenvalue weighted by Gasteiger charge is -2.39. The highest BCUT2D eigenvalue weighted by atomic mass is 16.5. The zero-order valence-electron chi connectivity index (χ0n) is 40.6. The predicted octanol–water partition coefficient (Wildman–Crippen LogP) is 9.16. The summed E-state index contributed by atoms with van der Waals surface area (Å²) in [5.74, 6) is 0.810. The van der Waals surface area contributed by atoms with Crippen molar-refractivity contribution >= 4 is 34.8 Å². The minimum atomic E-state index is -1.21. The summed E-state index contributed by atoms with van der Waals surface area (Å²) in [6.07, 6.45) is 7.38. The molecule has 0 spiro atoms. The van der Waals surface area contributed by atoms with Crippen molar-refractivity contribution in [2.45, 2.75) is 154 Å². The molecule has 0 aliphatic carbocycles. The van der Waals surface area contributed by atoms with Crippen LogP contribution in [-0.2, 0) is 23.8 Å². The molecule has 6 heterocycles. The minimum absolute atomic E-state index is 0.0267. The molecule has 0 bridgehead atoms. The number of alkyl carbamates (subject to hydrolysis) is 1. The van der Waals surface area contributed by atoms with Gasteiger partial charge >= 0.3 is 12.2 Å². The van der Waals surface area contributed by atoms with E-state index in [1.54, 1.807) is 0 Å². The molecule has 4 aliphatic heterocycles. The Balaban J connectivity index is 0.878. The van der Waals surface area contributed by atoms with Crippen LogP contribution in [0.4, 0.5) is 9.59 Å². The molecule has 4 fully saturated rings. The summed E-state index contributed by atoms with van der Waals surface area (Å²) in [6, 6.07) is 18.8. The van der Waals surface area contributed by atoms with Crippen LogP contribution in [-0.4, -0.2) is 115 Å². The summed E-state index contributed by atoms with van der Waals surface area (Å²) in [4.78, 5) is 73.8. The highest BCUT2D eigenvalue weighted by Crippen LogP contribution is 2.41. The second-order valence-electron chi connectivity index (χ2n) is 20.1. The molecule has 4 saturated heterocycles. The summed E-state index contributed by atoms with van der Waals surface area (Å²) in [5.41, 5.74) is 5.58. The zero-order valence-corrected chi connectivity index (χ0v) is 40.6. The molecule has 2 aromatic heterocycles. The Morgan fingerprint density at radius 1 is 0.609 bits per heavy atom. The van der Waals surface area contributed by atoms with Gasteiger partial charge in [0.2, 0.25) is 11.8 Å². The summed E-state index contributed by atoms with van der Waals surface area (Å²) >= 11 is 0. The first-order valence-corrected chi connectivity index (χ1v) is 24.7. The van der Waals surface area contributed by atoms with Gasteiger partial charge in [0.05, 0.1) is 55.0 Å². The molecule has 366 valence electrons. The number of hydrogen-bond acceptors (Lipinski definition) is 9. The summed E-state index contributed by atoms with van der Waals surface area (Å²) in [7, 11) is 1.32. The van der Waals surface area contributed by atoms with E-state index in [0.717, 1.165) is 75.9 Å². The van der Waals surface area contributed by atoms with Crippen LogP contribution < -0.4 is 10.6 Å². The fourth-order valence-electron chi connectivity index (χ4n) is 11.8. The minimum Gasteiger partial charge on any atom is -0.465 e. The van der Waals surface area contributed by atoms with Crippen LogP contribution >= 0.6 is 0 Å². The van der Waals surface area contributed by atoms with E-state index in [1.807, 2.05) is 56.8 Å². The molecule has 4 amide bonds. The maximum atomic E-state index is 14.5. The third kappa shape index (κ3) is 10.1. The maximum absolute atomic E-state index is 14.5. The van der Waals surface area contributed by atoms with Crippen LogP contribution in [0, 0.1) is 11.8 Å². The van der Waals surface area contributed by atoms with Gasteiger partial charge in [-0.25, -0.2) is 19.6 Å². The van der Waals surface area contributed by atoms with Crippen molar-refractivity contribution in [3.05, 3.63) is 84.7 Å². The molecule has 4 aliphatic rings. The number of aromatic amines is 2. The van der Waals surface area contributed by atoms with Crippen molar-refractivity contribution in [2.75, 3.05) is 7.11 Å². The smallest absolute Gasteiger partial charge is 0.407 e. The number of aromatic nitrogens is 4. The number of methoxy groups -OCH3 is 1. The van der Waals surface area contributed by atoms with Gasteiger partial charge in [0.15, 0.2) is 0 Å². The van der Waals surface area contributed by atoms with E-state index in [2.05, 4.69) is 88.2 Å². The van der Waals surface area contributed by atoms with Gasteiger partial charge in [-0.15, -0.1) is 0 Å². The number of nitrogens with zero attached hydrogens (tertiary/aromatic N) is 4. The third-order valence-corrected chi connectivity index (χ3v) is 15.0. The van der Waals surface area contributed by atoms with E-state index < -0.39 is 24.3 Å². The topological polar surface area (TPSA) is 204 Å². The van der Waals surface area contributed by atoms with Gasteiger partial charge in [-0.3, -0.25) is 9.59 Å². The first-order chi connectivity index (χ1) is 33.1. The maximum Gasteiger partial charge on any atom is 0.407 e. The molecule has 5 aromatic rings. The number of hydrogen-bond donors (Lipinski definition) is 5. The van der Waals surface area contributed by atoms with Gasteiger partial charge in [-0.1, -0.05) is 48.5 Å². The Hall–Kier alpha value is -6.26. The monoisotopic (exact) mass is 943 g/mol. The number of carbonyl (C=O) groups excluding carboxylic acids is 3. The Kier molecular flexibility index (Phi) is 13.8. The normalized spacial score (nSPS) is 28.0. The molecular formula is C53H66N8O8. The Labute approximate surface area is 403 Å². The number of H-pyrrole nitrogens is 2. The van der Waals surface area contributed by atoms with Gasteiger partial charge in [-0.2, -0.15) is 0 Å². The average Bonchev–Trinajstić information content (AvgIpc) is 4.16. The van der Waals surface area contributed by atoms with Crippen LogP contribution in [0.1, 0.15) is 117 Å². The zero-order chi connectivity index (χ0) is 48.7. The number of benzene rings is 3. The molecule has 9 rings (SSSR count). The SMILES string of the molecule is COC(=O)NC(C(=O)N1[C@@H](C)CC[C@H]1c1nc(-c2ccc3cc(-c4ccc(-c5c[nH]c([C@@H]6CC[C@H](C)N6C(=O)C(NC(=O)O)C6C[C@@H](C)O[C@@H](C)C6)n5)cc4)ccc3c2)c[nH]1)C1C[C@@H](C)O[C@@H](C)C1. The molecule has 0 saturated carbocycles. The molecule has 69 heavy (non-hydrogen) atoms. The summed E-state index contributed by atoms with van der Waals surface area (Å²) < 4.78 is 16.8. The van der Waals surface area contributed by atoms with Crippen molar-refractivity contribution in [2.24, 2.45) is 11.8 Å². The Morgan fingerprint density at radius 3 is 1.51 bits per heavy atom. The molecule has 5 N–H and O–H groups in total. The standard InChI is InChI=1S/C53H66N8O8/c1-28-8-18-44(60(28)50(62)46(58-52(64)65)40-20-30(3)68-31(4)21-40)48-54-26-42(56-48)35-12-10-34(11-13-35)36-14-15-38-25-39(17-16-37(38)24-36)43-27-55-49(57-43)45-19-9-29(2)61(45)51(63)47(59-53(66)67-7)41-22-32(5)69-33(6)23-41/h10-17,24-33,40-41,44-47,58H,8-9,18-23H2,1-7H3,(H,54,56)(H,55,57)(H,59,66)(H,64,65)/t28-,29-,30-,31+,32-,33+,40?,41?,44-,45-,46?,47?/m0/s1. The lowest BCUT2D eigenvalue weighted by Crippen LogP contribution is -2.55. The molecule has 4 unspecified atom stereocenters. The fraction of sp³-hybridized carbons (Fsp3) is 0.509. The van der Waals surface area contributed by atoms with Gasteiger partial charge in [0.25, 0.3) is 0 Å². The largest absolute Gasteiger partial charge is 0.465 e. The summed E-state index contributed by atoms with van der Waals surface area (Å²) in [5, 5.41) is 17.4.